The first kappa shape index (κ1) is 16.8. The molecule has 0 bridgehead atoms. The number of aliphatic carboxylic acids is 1. The van der Waals surface area contributed by atoms with E-state index in [4.69, 9.17) is 9.84 Å². The molecule has 2 amide bonds. The first-order chi connectivity index (χ1) is 9.43. The molecule has 0 aliphatic heterocycles. The lowest BCUT2D eigenvalue weighted by Crippen LogP contribution is -2.57. The van der Waals surface area contributed by atoms with Crippen LogP contribution in [-0.4, -0.2) is 42.4 Å². The molecule has 1 fully saturated rings. The second kappa shape index (κ2) is 8.09. The Labute approximate surface area is 120 Å². The number of amides is 2. The van der Waals surface area contributed by atoms with Crippen LogP contribution >= 0.6 is 0 Å². The van der Waals surface area contributed by atoms with E-state index < -0.39 is 11.5 Å². The Kier molecular flexibility index (Phi) is 6.78. The van der Waals surface area contributed by atoms with Gasteiger partial charge in [-0.1, -0.05) is 13.8 Å². The van der Waals surface area contributed by atoms with Gasteiger partial charge in [0.1, 0.15) is 0 Å². The van der Waals surface area contributed by atoms with Crippen LogP contribution in [0.25, 0.3) is 0 Å². The largest absolute Gasteiger partial charge is 0.481 e. The van der Waals surface area contributed by atoms with E-state index in [-0.39, 0.29) is 12.5 Å². The second-order valence-electron chi connectivity index (χ2n) is 5.91. The van der Waals surface area contributed by atoms with Gasteiger partial charge in [0.2, 0.25) is 0 Å². The second-order valence-corrected chi connectivity index (χ2v) is 5.91. The predicted octanol–water partition coefficient (Wildman–Crippen LogP) is 1.75. The van der Waals surface area contributed by atoms with Crippen LogP contribution in [0.5, 0.6) is 0 Å². The smallest absolute Gasteiger partial charge is 0.315 e. The minimum atomic E-state index is -0.868. The van der Waals surface area contributed by atoms with Crippen molar-refractivity contribution < 1.29 is 19.4 Å². The number of carbonyl (C=O) groups excluding carboxylic acids is 1. The Morgan fingerprint density at radius 3 is 2.55 bits per heavy atom. The molecule has 0 aromatic carbocycles. The van der Waals surface area contributed by atoms with Crippen molar-refractivity contribution in [1.82, 2.24) is 10.6 Å². The molecule has 0 unspecified atom stereocenters. The van der Waals surface area contributed by atoms with Gasteiger partial charge < -0.3 is 20.5 Å². The summed E-state index contributed by atoms with van der Waals surface area (Å²) in [4.78, 5) is 22.5. The highest BCUT2D eigenvalue weighted by atomic mass is 16.5. The van der Waals surface area contributed by atoms with Crippen LogP contribution in [0.2, 0.25) is 0 Å². The lowest BCUT2D eigenvalue weighted by molar-refractivity contribution is -0.139. The molecule has 0 atom stereocenters. The summed E-state index contributed by atoms with van der Waals surface area (Å²) in [5.74, 6) is -0.354. The van der Waals surface area contributed by atoms with Gasteiger partial charge in [-0.15, -0.1) is 0 Å². The van der Waals surface area contributed by atoms with Crippen molar-refractivity contribution in [2.24, 2.45) is 5.92 Å². The Hall–Kier alpha value is -1.30. The fourth-order valence-electron chi connectivity index (χ4n) is 2.22. The topological polar surface area (TPSA) is 87.7 Å². The zero-order valence-corrected chi connectivity index (χ0v) is 12.4. The zero-order chi connectivity index (χ0) is 15.0. The quantitative estimate of drug-likeness (QED) is 0.563. The molecule has 116 valence electrons. The molecule has 0 aromatic rings. The number of urea groups is 1. The van der Waals surface area contributed by atoms with Gasteiger partial charge in [-0.25, -0.2) is 4.79 Å². The van der Waals surface area contributed by atoms with Gasteiger partial charge in [-0.05, 0) is 31.6 Å². The molecule has 20 heavy (non-hydrogen) atoms. The summed E-state index contributed by atoms with van der Waals surface area (Å²) in [6.07, 6.45) is 3.20. The Balaban J connectivity index is 2.12. The van der Waals surface area contributed by atoms with E-state index in [9.17, 15) is 9.59 Å². The van der Waals surface area contributed by atoms with Gasteiger partial charge in [-0.2, -0.15) is 0 Å². The zero-order valence-electron chi connectivity index (χ0n) is 12.4. The molecule has 0 spiro atoms. The van der Waals surface area contributed by atoms with Crippen molar-refractivity contribution in [3.8, 4) is 0 Å². The molecule has 6 nitrogen and oxygen atoms in total. The molecule has 3 N–H and O–H groups in total. The number of carboxylic acids is 1. The number of carbonyl (C=O) groups is 2. The van der Waals surface area contributed by atoms with E-state index in [0.29, 0.717) is 19.1 Å². The van der Waals surface area contributed by atoms with Gasteiger partial charge in [0.15, 0.2) is 0 Å². The molecule has 6 heteroatoms. The minimum Gasteiger partial charge on any atom is -0.481 e. The van der Waals surface area contributed by atoms with Crippen molar-refractivity contribution in [1.29, 1.82) is 0 Å². The van der Waals surface area contributed by atoms with E-state index in [2.05, 4.69) is 24.5 Å². The summed E-state index contributed by atoms with van der Waals surface area (Å²) in [5, 5.41) is 14.4. The van der Waals surface area contributed by atoms with Crippen molar-refractivity contribution in [3.63, 3.8) is 0 Å². The Bertz CT molecular complexity index is 327. The fourth-order valence-corrected chi connectivity index (χ4v) is 2.22. The minimum absolute atomic E-state index is 0.00206. The van der Waals surface area contributed by atoms with Crippen molar-refractivity contribution >= 4 is 12.0 Å². The number of rotatable bonds is 9. The average Bonchev–Trinajstić information content (AvgIpc) is 2.29. The highest BCUT2D eigenvalue weighted by molar-refractivity contribution is 5.77. The average molecular weight is 286 g/mol. The summed E-state index contributed by atoms with van der Waals surface area (Å²) in [6, 6.07) is -0.283. The summed E-state index contributed by atoms with van der Waals surface area (Å²) in [5.41, 5.74) is -0.538. The van der Waals surface area contributed by atoms with Crippen LogP contribution in [0.3, 0.4) is 0 Å². The van der Waals surface area contributed by atoms with E-state index in [0.717, 1.165) is 32.3 Å². The number of hydrogen-bond donors (Lipinski definition) is 3. The highest BCUT2D eigenvalue weighted by Crippen LogP contribution is 2.34. The first-order valence-corrected chi connectivity index (χ1v) is 7.29. The molecule has 1 aliphatic carbocycles. The lowest BCUT2D eigenvalue weighted by Gasteiger charge is -2.41. The third kappa shape index (κ3) is 6.23. The molecule has 1 aliphatic rings. The molecular weight excluding hydrogens is 260 g/mol. The summed E-state index contributed by atoms with van der Waals surface area (Å²) >= 11 is 0. The number of hydrogen-bond acceptors (Lipinski definition) is 3. The third-order valence-corrected chi connectivity index (χ3v) is 3.38. The van der Waals surface area contributed by atoms with E-state index >= 15 is 0 Å². The van der Waals surface area contributed by atoms with E-state index in [1.54, 1.807) is 0 Å². The molecular formula is C14H26N2O4. The van der Waals surface area contributed by atoms with Crippen LogP contribution in [0.1, 0.15) is 46.0 Å². The van der Waals surface area contributed by atoms with E-state index in [1.807, 2.05) is 0 Å². The summed E-state index contributed by atoms with van der Waals surface area (Å²) in [7, 11) is 0. The van der Waals surface area contributed by atoms with Gasteiger partial charge in [0.05, 0.1) is 12.0 Å². The van der Waals surface area contributed by atoms with Crippen molar-refractivity contribution in [3.05, 3.63) is 0 Å². The van der Waals surface area contributed by atoms with Crippen LogP contribution < -0.4 is 10.6 Å². The van der Waals surface area contributed by atoms with Gasteiger partial charge in [0.25, 0.3) is 0 Å². The number of carboxylic acid groups (broad SMARTS) is 1. The molecule has 1 saturated carbocycles. The first-order valence-electron chi connectivity index (χ1n) is 7.29. The predicted molar refractivity (Wildman–Crippen MR) is 75.6 cm³/mol. The Morgan fingerprint density at radius 2 is 2.05 bits per heavy atom. The fraction of sp³-hybridized carbons (Fsp3) is 0.857. The normalized spacial score (nSPS) is 16.6. The van der Waals surface area contributed by atoms with Crippen LogP contribution in [0.4, 0.5) is 4.79 Å². The standard InChI is InChI=1S/C14H26N2O4/c1-11(2)10-20-8-4-7-15-13(19)16-14(5-3-6-14)9-12(17)18/h11H,3-10H2,1-2H3,(H,17,18)(H2,15,16,19). The lowest BCUT2D eigenvalue weighted by atomic mass is 9.74. The van der Waals surface area contributed by atoms with Crippen LogP contribution in [-0.2, 0) is 9.53 Å². The number of ether oxygens (including phenoxy) is 1. The molecule has 0 aromatic heterocycles. The molecule has 0 radical (unpaired) electrons. The third-order valence-electron chi connectivity index (χ3n) is 3.38. The monoisotopic (exact) mass is 286 g/mol. The van der Waals surface area contributed by atoms with Gasteiger partial charge >= 0.3 is 12.0 Å². The maximum absolute atomic E-state index is 11.7. The van der Waals surface area contributed by atoms with Gasteiger partial charge in [-0.3, -0.25) is 4.79 Å². The summed E-state index contributed by atoms with van der Waals surface area (Å²) < 4.78 is 5.41. The van der Waals surface area contributed by atoms with Crippen molar-refractivity contribution in [2.45, 2.75) is 51.5 Å². The van der Waals surface area contributed by atoms with E-state index in [1.165, 1.54) is 0 Å². The van der Waals surface area contributed by atoms with Gasteiger partial charge in [0, 0.05) is 19.8 Å². The van der Waals surface area contributed by atoms with Crippen molar-refractivity contribution in [2.75, 3.05) is 19.8 Å². The SMILES string of the molecule is CC(C)COCCCNC(=O)NC1(CC(=O)O)CCC1. The highest BCUT2D eigenvalue weighted by Gasteiger charge is 2.40. The summed E-state index contributed by atoms with van der Waals surface area (Å²) in [6.45, 7) is 6.07. The molecule has 0 saturated heterocycles. The maximum Gasteiger partial charge on any atom is 0.315 e. The molecule has 1 rings (SSSR count). The maximum atomic E-state index is 11.7. The number of nitrogens with one attached hydrogen (secondary N) is 2. The van der Waals surface area contributed by atoms with Crippen LogP contribution in [0.15, 0.2) is 0 Å². The van der Waals surface area contributed by atoms with Crippen LogP contribution in [0, 0.1) is 5.92 Å². The Morgan fingerprint density at radius 1 is 1.35 bits per heavy atom. The molecule has 0 heterocycles.